The van der Waals surface area contributed by atoms with Gasteiger partial charge in [0.05, 0.1) is 6.54 Å². The average molecular weight is 444 g/mol. The fourth-order valence-corrected chi connectivity index (χ4v) is 3.58. The fourth-order valence-electron chi connectivity index (χ4n) is 3.58. The van der Waals surface area contributed by atoms with Crippen LogP contribution in [0.2, 0.25) is 0 Å². The van der Waals surface area contributed by atoms with Gasteiger partial charge in [-0.1, -0.05) is 37.3 Å². The summed E-state index contributed by atoms with van der Waals surface area (Å²) in [5.74, 6) is 0.0784. The van der Waals surface area contributed by atoms with E-state index in [4.69, 9.17) is 0 Å². The number of nitrogens with one attached hydrogen (secondary N) is 1. The minimum absolute atomic E-state index is 0. The topological polar surface area (TPSA) is 79.4 Å². The van der Waals surface area contributed by atoms with Crippen molar-refractivity contribution in [2.45, 2.75) is 39.0 Å². The molecule has 0 atom stereocenters. The van der Waals surface area contributed by atoms with Gasteiger partial charge in [-0.2, -0.15) is 0 Å². The summed E-state index contributed by atoms with van der Waals surface area (Å²) in [4.78, 5) is 43.2. The molecule has 2 heterocycles. The van der Waals surface area contributed by atoms with Gasteiger partial charge in [-0.15, -0.1) is 12.4 Å². The molecular formula is C24H30ClN3O3. The van der Waals surface area contributed by atoms with Crippen LogP contribution in [0.15, 0.2) is 42.5 Å². The summed E-state index contributed by atoms with van der Waals surface area (Å²) >= 11 is 0. The smallest absolute Gasteiger partial charge is 0.236 e. The number of piperazine rings is 1. The number of pyridine rings is 1. The summed E-state index contributed by atoms with van der Waals surface area (Å²) in [7, 11) is 0. The van der Waals surface area contributed by atoms with Gasteiger partial charge < -0.3 is 10.2 Å². The Morgan fingerprint density at radius 3 is 2.58 bits per heavy atom. The number of Topliss-reactive ketones (excluding diaryl/α,β-unsaturated/α-hetero) is 2. The number of benzene rings is 1. The molecule has 1 amide bonds. The lowest BCUT2D eigenvalue weighted by atomic mass is 10.0. The molecule has 166 valence electrons. The van der Waals surface area contributed by atoms with E-state index in [1.807, 2.05) is 41.3 Å². The first-order valence-electron chi connectivity index (χ1n) is 10.7. The molecule has 1 aromatic heterocycles. The Hall–Kier alpha value is -2.57. The molecular weight excluding hydrogens is 414 g/mol. The number of amides is 1. The van der Waals surface area contributed by atoms with Crippen molar-refractivity contribution in [2.24, 2.45) is 0 Å². The normalized spacial score (nSPS) is 13.6. The number of hydrogen-bond acceptors (Lipinski definition) is 5. The van der Waals surface area contributed by atoms with Crippen molar-refractivity contribution in [2.75, 3.05) is 26.2 Å². The summed E-state index contributed by atoms with van der Waals surface area (Å²) in [6.07, 6.45) is 2.84. The molecule has 1 aromatic carbocycles. The lowest BCUT2D eigenvalue weighted by Gasteiger charge is -2.27. The summed E-state index contributed by atoms with van der Waals surface area (Å²) in [5, 5.41) is 3.06. The number of unbranched alkanes of at least 4 members (excludes halogenated alkanes) is 1. The van der Waals surface area contributed by atoms with E-state index in [0.29, 0.717) is 50.0 Å². The highest BCUT2D eigenvalue weighted by Gasteiger charge is 2.17. The third-order valence-electron chi connectivity index (χ3n) is 5.30. The number of hydrogen-bond donors (Lipinski definition) is 1. The van der Waals surface area contributed by atoms with Crippen molar-refractivity contribution in [3.8, 4) is 0 Å². The van der Waals surface area contributed by atoms with Crippen molar-refractivity contribution in [3.63, 3.8) is 0 Å². The van der Waals surface area contributed by atoms with Crippen LogP contribution in [0.25, 0.3) is 0 Å². The Morgan fingerprint density at radius 2 is 1.87 bits per heavy atom. The van der Waals surface area contributed by atoms with Gasteiger partial charge in [0, 0.05) is 50.2 Å². The molecule has 0 bridgehead atoms. The van der Waals surface area contributed by atoms with Crippen molar-refractivity contribution in [1.29, 1.82) is 0 Å². The molecule has 0 unspecified atom stereocenters. The summed E-state index contributed by atoms with van der Waals surface area (Å²) < 4.78 is 0. The first-order chi connectivity index (χ1) is 14.6. The quantitative estimate of drug-likeness (QED) is 0.449. The molecule has 3 rings (SSSR count). The van der Waals surface area contributed by atoms with Gasteiger partial charge in [0.2, 0.25) is 5.91 Å². The fraction of sp³-hybridized carbons (Fsp3) is 0.417. The van der Waals surface area contributed by atoms with Gasteiger partial charge in [0.15, 0.2) is 11.6 Å². The second kappa shape index (κ2) is 12.3. The lowest BCUT2D eigenvalue weighted by Crippen LogP contribution is -2.48. The maximum atomic E-state index is 12.8. The van der Waals surface area contributed by atoms with Gasteiger partial charge >= 0.3 is 0 Å². The maximum Gasteiger partial charge on any atom is 0.236 e. The van der Waals surface area contributed by atoms with Gasteiger partial charge in [-0.05, 0) is 30.5 Å². The third-order valence-corrected chi connectivity index (χ3v) is 5.30. The molecule has 0 aliphatic carbocycles. The van der Waals surface area contributed by atoms with Crippen LogP contribution in [0, 0.1) is 0 Å². The molecule has 1 aliphatic heterocycles. The highest BCUT2D eigenvalue weighted by molar-refractivity contribution is 6.00. The van der Waals surface area contributed by atoms with E-state index in [9.17, 15) is 14.4 Å². The Kier molecular flexibility index (Phi) is 9.82. The second-order valence-electron chi connectivity index (χ2n) is 7.61. The number of nitrogens with zero attached hydrogens (tertiary/aromatic N) is 2. The van der Waals surface area contributed by atoms with E-state index in [1.54, 1.807) is 13.0 Å². The molecule has 7 heteroatoms. The van der Waals surface area contributed by atoms with Crippen LogP contribution in [0.3, 0.4) is 0 Å². The first-order valence-corrected chi connectivity index (χ1v) is 10.7. The molecule has 1 saturated heterocycles. The zero-order valence-corrected chi connectivity index (χ0v) is 18.7. The van der Waals surface area contributed by atoms with Crippen LogP contribution < -0.4 is 5.32 Å². The Bertz CT molecular complexity index is 902. The first kappa shape index (κ1) is 24.7. The van der Waals surface area contributed by atoms with Crippen LogP contribution in [-0.2, 0) is 11.2 Å². The number of carbonyl (C=O) groups is 3. The average Bonchev–Trinajstić information content (AvgIpc) is 2.77. The molecule has 31 heavy (non-hydrogen) atoms. The SMILES string of the molecule is CCC(=O)c1cc(C(=O)CCCCN2CCNCC2=O)cc(Cc2ccccc2)n1.Cl. The number of carbonyl (C=O) groups excluding carboxylic acids is 3. The summed E-state index contributed by atoms with van der Waals surface area (Å²) in [6, 6.07) is 13.3. The van der Waals surface area contributed by atoms with E-state index in [0.717, 1.165) is 30.8 Å². The van der Waals surface area contributed by atoms with Crippen LogP contribution in [0.5, 0.6) is 0 Å². The molecule has 1 N–H and O–H groups in total. The maximum absolute atomic E-state index is 12.8. The predicted molar refractivity (Wildman–Crippen MR) is 123 cm³/mol. The van der Waals surface area contributed by atoms with Crippen molar-refractivity contribution >= 4 is 29.9 Å². The molecule has 0 radical (unpaired) electrons. The van der Waals surface area contributed by atoms with Crippen LogP contribution >= 0.6 is 12.4 Å². The molecule has 0 saturated carbocycles. The van der Waals surface area contributed by atoms with E-state index in [-0.39, 0.29) is 29.9 Å². The van der Waals surface area contributed by atoms with Crippen LogP contribution in [0.4, 0.5) is 0 Å². The number of halogens is 1. The number of rotatable bonds is 10. The monoisotopic (exact) mass is 443 g/mol. The summed E-state index contributed by atoms with van der Waals surface area (Å²) in [6.45, 7) is 4.42. The third kappa shape index (κ3) is 7.26. The van der Waals surface area contributed by atoms with Crippen molar-refractivity contribution in [3.05, 3.63) is 65.0 Å². The van der Waals surface area contributed by atoms with Gasteiger partial charge in [-0.3, -0.25) is 14.4 Å². The molecule has 1 fully saturated rings. The number of aromatic nitrogens is 1. The van der Waals surface area contributed by atoms with Crippen LogP contribution in [-0.4, -0.2) is 53.5 Å². The van der Waals surface area contributed by atoms with E-state index in [2.05, 4.69) is 10.3 Å². The Morgan fingerprint density at radius 1 is 1.10 bits per heavy atom. The Balaban J connectivity index is 0.00000341. The molecule has 0 spiro atoms. The molecule has 2 aromatic rings. The highest BCUT2D eigenvalue weighted by Crippen LogP contribution is 2.16. The zero-order chi connectivity index (χ0) is 21.3. The second-order valence-corrected chi connectivity index (χ2v) is 7.61. The minimum Gasteiger partial charge on any atom is -0.340 e. The minimum atomic E-state index is -0.0591. The lowest BCUT2D eigenvalue weighted by molar-refractivity contribution is -0.131. The van der Waals surface area contributed by atoms with Gasteiger partial charge in [0.25, 0.3) is 0 Å². The zero-order valence-electron chi connectivity index (χ0n) is 17.9. The van der Waals surface area contributed by atoms with Gasteiger partial charge in [-0.25, -0.2) is 4.98 Å². The highest BCUT2D eigenvalue weighted by atomic mass is 35.5. The Labute approximate surface area is 189 Å². The standard InChI is InChI=1S/C24H29N3O3.ClH/c1-2-22(28)21-16-19(15-20(26-21)14-18-8-4-3-5-9-18)23(29)10-6-7-12-27-13-11-25-17-24(27)30;/h3-5,8-9,15-16,25H,2,6-7,10-14,17H2,1H3;1H. The number of ketones is 2. The van der Waals surface area contributed by atoms with Crippen molar-refractivity contribution in [1.82, 2.24) is 15.2 Å². The molecule has 6 nitrogen and oxygen atoms in total. The van der Waals surface area contributed by atoms with E-state index >= 15 is 0 Å². The van der Waals surface area contributed by atoms with Crippen LogP contribution in [0.1, 0.15) is 64.7 Å². The summed E-state index contributed by atoms with van der Waals surface area (Å²) in [5.41, 5.74) is 2.73. The molecule has 1 aliphatic rings. The van der Waals surface area contributed by atoms with E-state index in [1.165, 1.54) is 0 Å². The largest absolute Gasteiger partial charge is 0.340 e. The van der Waals surface area contributed by atoms with Gasteiger partial charge in [0.1, 0.15) is 5.69 Å². The van der Waals surface area contributed by atoms with Crippen molar-refractivity contribution < 1.29 is 14.4 Å². The van der Waals surface area contributed by atoms with E-state index < -0.39 is 0 Å². The predicted octanol–water partition coefficient (Wildman–Crippen LogP) is 3.47.